The van der Waals surface area contributed by atoms with Crippen LogP contribution in [0, 0.1) is 6.92 Å². The third-order valence-electron chi connectivity index (χ3n) is 7.57. The Labute approximate surface area is 233 Å². The lowest BCUT2D eigenvalue weighted by Crippen LogP contribution is -2.53. The molecule has 2 amide bonds. The van der Waals surface area contributed by atoms with Crippen molar-refractivity contribution in [3.05, 3.63) is 116 Å². The summed E-state index contributed by atoms with van der Waals surface area (Å²) in [5.74, 6) is -1.09. The Bertz CT molecular complexity index is 1930. The first-order valence-corrected chi connectivity index (χ1v) is 13.8. The van der Waals surface area contributed by atoms with Crippen LogP contribution in [0.2, 0.25) is 0 Å². The number of nitrogens with zero attached hydrogens (tertiary/aromatic N) is 4. The van der Waals surface area contributed by atoms with Gasteiger partial charge < -0.3 is 9.32 Å². The highest BCUT2D eigenvalue weighted by Gasteiger charge is 2.66. The monoisotopic (exact) mass is 548 g/mol. The number of carbonyl (C=O) groups is 2. The highest BCUT2D eigenvalue weighted by Crippen LogP contribution is 2.54. The first-order valence-electron chi connectivity index (χ1n) is 13.0. The molecule has 0 bridgehead atoms. The number of para-hydroxylation sites is 2. The summed E-state index contributed by atoms with van der Waals surface area (Å²) in [5.41, 5.74) is 1.25. The molecule has 0 fully saturated rings. The molecule has 9 heteroatoms. The number of carbonyl (C=O) groups excluding carboxylic acids is 2. The second-order valence-corrected chi connectivity index (χ2v) is 11.4. The van der Waals surface area contributed by atoms with Crippen LogP contribution in [-0.4, -0.2) is 22.0 Å². The maximum atomic E-state index is 14.9. The van der Waals surface area contributed by atoms with Crippen molar-refractivity contribution in [2.24, 2.45) is 0 Å². The Kier molecular flexibility index (Phi) is 5.30. The van der Waals surface area contributed by atoms with E-state index in [-0.39, 0.29) is 34.5 Å². The van der Waals surface area contributed by atoms with Gasteiger partial charge >= 0.3 is 0 Å². The number of hydrogen-bond acceptors (Lipinski definition) is 7. The number of rotatable bonds is 4. The van der Waals surface area contributed by atoms with E-state index in [1.165, 1.54) is 16.2 Å². The summed E-state index contributed by atoms with van der Waals surface area (Å²) in [6.07, 6.45) is 0. The Morgan fingerprint density at radius 3 is 2.50 bits per heavy atom. The van der Waals surface area contributed by atoms with Crippen LogP contribution in [0.1, 0.15) is 57.6 Å². The number of anilines is 2. The standard InChI is InChI=1S/C31H24N4O4S/c1-17(2)27-32-33-30(40-27)35-28(37)26-24(25(36)20-11-4-7-14-23(20)39-26)31(35)21-12-5-6-13-22(21)34(29(31)38)16-19-10-8-9-18(3)15-19/h4-15,17H,16H2,1-3H3. The van der Waals surface area contributed by atoms with Crippen LogP contribution >= 0.6 is 11.3 Å². The largest absolute Gasteiger partial charge is 0.450 e. The fraction of sp³-hybridized carbons (Fsp3) is 0.194. The van der Waals surface area contributed by atoms with E-state index in [4.69, 9.17) is 4.42 Å². The fourth-order valence-electron chi connectivity index (χ4n) is 5.81. The topological polar surface area (TPSA) is 96.6 Å². The lowest BCUT2D eigenvalue weighted by atomic mass is 9.84. The number of aromatic nitrogens is 2. The number of fused-ring (bicyclic) bond motifs is 5. The molecule has 4 heterocycles. The molecule has 3 aromatic carbocycles. The minimum Gasteiger partial charge on any atom is -0.450 e. The van der Waals surface area contributed by atoms with Crippen molar-refractivity contribution >= 4 is 44.9 Å². The second kappa shape index (κ2) is 8.69. The molecule has 2 aliphatic rings. The fourth-order valence-corrected chi connectivity index (χ4v) is 6.71. The summed E-state index contributed by atoms with van der Waals surface area (Å²) < 4.78 is 6.12. The average Bonchev–Trinajstić information content (AvgIpc) is 3.59. The first-order chi connectivity index (χ1) is 19.3. The lowest BCUT2D eigenvalue weighted by Gasteiger charge is -2.32. The number of amides is 2. The zero-order valence-corrected chi connectivity index (χ0v) is 22.9. The SMILES string of the molecule is Cc1cccc(CN2C(=O)C3(c4ccccc42)c2c(oc4ccccc4c2=O)C(=O)N3c2nnc(C(C)C)s2)c1. The minimum absolute atomic E-state index is 0.0155. The molecule has 0 radical (unpaired) electrons. The van der Waals surface area contributed by atoms with Crippen LogP contribution < -0.4 is 15.2 Å². The van der Waals surface area contributed by atoms with E-state index in [2.05, 4.69) is 10.2 Å². The summed E-state index contributed by atoms with van der Waals surface area (Å²) in [6.45, 7) is 6.23. The van der Waals surface area contributed by atoms with Gasteiger partial charge in [0.25, 0.3) is 11.8 Å². The maximum absolute atomic E-state index is 14.9. The molecule has 0 saturated heterocycles. The third kappa shape index (κ3) is 3.21. The van der Waals surface area contributed by atoms with Crippen LogP contribution in [0.25, 0.3) is 11.0 Å². The van der Waals surface area contributed by atoms with Crippen LogP contribution in [0.15, 0.2) is 82.0 Å². The molecular weight excluding hydrogens is 524 g/mol. The van der Waals surface area contributed by atoms with E-state index in [9.17, 15) is 14.4 Å². The summed E-state index contributed by atoms with van der Waals surface area (Å²) in [5, 5.41) is 9.93. The molecule has 5 aromatic rings. The maximum Gasteiger partial charge on any atom is 0.297 e. The Balaban J connectivity index is 1.55. The van der Waals surface area contributed by atoms with Gasteiger partial charge in [-0.05, 0) is 30.7 Å². The molecule has 1 spiro atoms. The summed E-state index contributed by atoms with van der Waals surface area (Å²) in [6, 6.07) is 22.0. The normalized spacial score (nSPS) is 17.9. The van der Waals surface area contributed by atoms with E-state index in [1.807, 2.05) is 63.2 Å². The third-order valence-corrected chi connectivity index (χ3v) is 8.78. The zero-order chi connectivity index (χ0) is 27.8. The van der Waals surface area contributed by atoms with Crippen molar-refractivity contribution in [2.75, 3.05) is 9.80 Å². The predicted octanol–water partition coefficient (Wildman–Crippen LogP) is 5.53. The van der Waals surface area contributed by atoms with E-state index in [0.717, 1.165) is 11.1 Å². The predicted molar refractivity (Wildman–Crippen MR) is 153 cm³/mol. The molecule has 0 saturated carbocycles. The lowest BCUT2D eigenvalue weighted by molar-refractivity contribution is -0.121. The van der Waals surface area contributed by atoms with Gasteiger partial charge in [-0.2, -0.15) is 0 Å². The van der Waals surface area contributed by atoms with Gasteiger partial charge in [-0.25, -0.2) is 0 Å². The molecule has 2 aromatic heterocycles. The molecule has 0 N–H and O–H groups in total. The Morgan fingerprint density at radius 2 is 1.73 bits per heavy atom. The quantitative estimate of drug-likeness (QED) is 0.293. The molecular formula is C31H24N4O4S. The smallest absolute Gasteiger partial charge is 0.297 e. The van der Waals surface area contributed by atoms with Gasteiger partial charge in [0.15, 0.2) is 11.0 Å². The van der Waals surface area contributed by atoms with E-state index >= 15 is 0 Å². The Morgan fingerprint density at radius 1 is 0.950 bits per heavy atom. The van der Waals surface area contributed by atoms with Crippen molar-refractivity contribution < 1.29 is 14.0 Å². The minimum atomic E-state index is -1.79. The van der Waals surface area contributed by atoms with Crippen LogP contribution in [0.3, 0.4) is 0 Å². The number of hydrogen-bond donors (Lipinski definition) is 0. The van der Waals surface area contributed by atoms with E-state index in [1.54, 1.807) is 35.2 Å². The van der Waals surface area contributed by atoms with E-state index < -0.39 is 22.8 Å². The first kappa shape index (κ1) is 24.4. The highest BCUT2D eigenvalue weighted by molar-refractivity contribution is 7.15. The highest BCUT2D eigenvalue weighted by atomic mass is 32.1. The second-order valence-electron chi connectivity index (χ2n) is 10.5. The van der Waals surface area contributed by atoms with Gasteiger partial charge in [-0.15, -0.1) is 10.2 Å². The molecule has 2 aliphatic heterocycles. The average molecular weight is 549 g/mol. The van der Waals surface area contributed by atoms with Crippen molar-refractivity contribution in [3.63, 3.8) is 0 Å². The molecule has 7 rings (SSSR count). The Hall–Kier alpha value is -4.63. The molecule has 1 unspecified atom stereocenters. The zero-order valence-electron chi connectivity index (χ0n) is 22.0. The van der Waals surface area contributed by atoms with E-state index in [0.29, 0.717) is 21.6 Å². The molecule has 0 aliphatic carbocycles. The van der Waals surface area contributed by atoms with Crippen LogP contribution in [0.5, 0.6) is 0 Å². The van der Waals surface area contributed by atoms with Gasteiger partial charge in [0.05, 0.1) is 23.2 Å². The van der Waals surface area contributed by atoms with Gasteiger partial charge in [-0.1, -0.05) is 85.3 Å². The molecule has 40 heavy (non-hydrogen) atoms. The van der Waals surface area contributed by atoms with Gasteiger partial charge in [0, 0.05) is 11.5 Å². The summed E-state index contributed by atoms with van der Waals surface area (Å²) in [4.78, 5) is 46.4. The van der Waals surface area contributed by atoms with Crippen molar-refractivity contribution in [3.8, 4) is 0 Å². The van der Waals surface area contributed by atoms with Crippen molar-refractivity contribution in [1.82, 2.24) is 10.2 Å². The summed E-state index contributed by atoms with van der Waals surface area (Å²) >= 11 is 1.24. The van der Waals surface area contributed by atoms with Crippen LogP contribution in [0.4, 0.5) is 10.8 Å². The number of benzene rings is 3. The van der Waals surface area contributed by atoms with Crippen molar-refractivity contribution in [2.45, 2.75) is 38.8 Å². The van der Waals surface area contributed by atoms with Crippen molar-refractivity contribution in [1.29, 1.82) is 0 Å². The molecule has 1 atom stereocenters. The van der Waals surface area contributed by atoms with Crippen LogP contribution in [-0.2, 0) is 16.9 Å². The van der Waals surface area contributed by atoms with Gasteiger partial charge in [-0.3, -0.25) is 19.3 Å². The molecule has 8 nitrogen and oxygen atoms in total. The summed E-state index contributed by atoms with van der Waals surface area (Å²) in [7, 11) is 0. The van der Waals surface area contributed by atoms with Gasteiger partial charge in [0.1, 0.15) is 10.6 Å². The molecule has 198 valence electrons. The number of aryl methyl sites for hydroxylation is 1. The van der Waals surface area contributed by atoms with Gasteiger partial charge in [0.2, 0.25) is 10.9 Å².